The lowest BCUT2D eigenvalue weighted by atomic mass is 10.1. The fraction of sp³-hybridized carbons (Fsp3) is 0.154. The molecule has 0 aliphatic heterocycles. The van der Waals surface area contributed by atoms with Gasteiger partial charge in [-0.25, -0.2) is 9.78 Å². The molecule has 0 saturated carbocycles. The summed E-state index contributed by atoms with van der Waals surface area (Å²) in [5.74, 6) is -1.30. The van der Waals surface area contributed by atoms with E-state index in [1.165, 1.54) is 17.0 Å². The summed E-state index contributed by atoms with van der Waals surface area (Å²) in [5.41, 5.74) is 1.58. The van der Waals surface area contributed by atoms with Gasteiger partial charge in [-0.15, -0.1) is 0 Å². The van der Waals surface area contributed by atoms with Gasteiger partial charge in [0.2, 0.25) is 5.82 Å². The largest absolute Gasteiger partial charge is 0.475 e. The number of Topliss-reactive ketones (excluding diaryl/α,β-unsaturated/α-hetero) is 1. The topological polar surface area (TPSA) is 72.2 Å². The third kappa shape index (κ3) is 1.88. The lowest BCUT2D eigenvalue weighted by molar-refractivity contribution is 0.0675. The second-order valence-electron chi connectivity index (χ2n) is 4.35. The quantitative estimate of drug-likeness (QED) is 0.921. The average molecular weight is 321 g/mol. The number of imidazole rings is 1. The molecule has 5 nitrogen and oxygen atoms in total. The van der Waals surface area contributed by atoms with E-state index in [1.807, 2.05) is 12.1 Å². The third-order valence-corrected chi connectivity index (χ3v) is 3.74. The van der Waals surface area contributed by atoms with Gasteiger partial charge in [-0.1, -0.05) is 15.9 Å². The molecule has 0 bridgehead atoms. The molecule has 19 heavy (non-hydrogen) atoms. The Hall–Kier alpha value is -1.95. The van der Waals surface area contributed by atoms with Crippen LogP contribution < -0.4 is 0 Å². The Bertz CT molecular complexity index is 693. The Morgan fingerprint density at radius 1 is 1.47 bits per heavy atom. The van der Waals surface area contributed by atoms with Gasteiger partial charge in [0.15, 0.2) is 5.78 Å². The van der Waals surface area contributed by atoms with E-state index in [4.69, 9.17) is 5.11 Å². The molecule has 0 radical (unpaired) electrons. The van der Waals surface area contributed by atoms with Gasteiger partial charge >= 0.3 is 5.97 Å². The van der Waals surface area contributed by atoms with Crippen LogP contribution in [-0.4, -0.2) is 26.4 Å². The van der Waals surface area contributed by atoms with Gasteiger partial charge in [-0.05, 0) is 23.8 Å². The van der Waals surface area contributed by atoms with Crippen LogP contribution in [0.15, 0.2) is 35.1 Å². The zero-order valence-corrected chi connectivity index (χ0v) is 11.3. The maximum Gasteiger partial charge on any atom is 0.372 e. The molecule has 96 valence electrons. The van der Waals surface area contributed by atoms with Crippen LogP contribution in [0.25, 0.3) is 0 Å². The summed E-state index contributed by atoms with van der Waals surface area (Å²) in [5, 5.41) is 9.06. The Kier molecular flexibility index (Phi) is 2.74. The van der Waals surface area contributed by atoms with Gasteiger partial charge < -0.3 is 9.67 Å². The molecule has 1 atom stereocenters. The number of carboxylic acids is 1. The number of nitrogens with zero attached hydrogens (tertiary/aromatic N) is 2. The number of benzene rings is 1. The second kappa shape index (κ2) is 4.31. The number of carboxylic acid groups (broad SMARTS) is 1. The molecule has 6 heteroatoms. The minimum Gasteiger partial charge on any atom is -0.475 e. The van der Waals surface area contributed by atoms with E-state index in [9.17, 15) is 9.59 Å². The highest BCUT2D eigenvalue weighted by Crippen LogP contribution is 2.32. The number of carbonyl (C=O) groups is 2. The number of rotatable bonds is 2. The van der Waals surface area contributed by atoms with Gasteiger partial charge in [0.25, 0.3) is 0 Å². The Labute approximate surface area is 117 Å². The molecule has 0 fully saturated rings. The molecular weight excluding hydrogens is 312 g/mol. The number of fused-ring (bicyclic) bond motifs is 1. The zero-order chi connectivity index (χ0) is 13.6. The van der Waals surface area contributed by atoms with Crippen molar-refractivity contribution in [3.8, 4) is 0 Å². The zero-order valence-electron chi connectivity index (χ0n) is 9.71. The maximum absolute atomic E-state index is 12.3. The summed E-state index contributed by atoms with van der Waals surface area (Å²) in [6.45, 7) is 0. The van der Waals surface area contributed by atoms with Crippen molar-refractivity contribution in [2.75, 3.05) is 0 Å². The van der Waals surface area contributed by atoms with Gasteiger partial charge in [-0.2, -0.15) is 0 Å². The number of hydrogen-bond acceptors (Lipinski definition) is 3. The summed E-state index contributed by atoms with van der Waals surface area (Å²) in [4.78, 5) is 27.2. The Morgan fingerprint density at radius 3 is 3.00 bits per heavy atom. The van der Waals surface area contributed by atoms with E-state index in [-0.39, 0.29) is 11.6 Å². The fourth-order valence-corrected chi connectivity index (χ4v) is 2.82. The molecule has 1 aliphatic rings. The van der Waals surface area contributed by atoms with Crippen molar-refractivity contribution in [2.24, 2.45) is 0 Å². The van der Waals surface area contributed by atoms with Crippen molar-refractivity contribution < 1.29 is 14.7 Å². The summed E-state index contributed by atoms with van der Waals surface area (Å²) >= 11 is 3.37. The van der Waals surface area contributed by atoms with Crippen LogP contribution in [0.4, 0.5) is 0 Å². The third-order valence-electron chi connectivity index (χ3n) is 3.24. The van der Waals surface area contributed by atoms with E-state index in [0.29, 0.717) is 12.0 Å². The fourth-order valence-electron chi connectivity index (χ4n) is 2.41. The van der Waals surface area contributed by atoms with E-state index < -0.39 is 12.0 Å². The van der Waals surface area contributed by atoms with Crippen LogP contribution in [0.1, 0.15) is 32.6 Å². The number of halogens is 1. The van der Waals surface area contributed by atoms with E-state index in [0.717, 1.165) is 10.0 Å². The molecule has 1 aromatic carbocycles. The standard InChI is InChI=1S/C13H9BrN2O3/c14-8-1-2-9-7(5-8)6-10(11(9)17)16-4-3-15-12(16)13(18)19/h1-5,10H,6H2,(H,18,19). The van der Waals surface area contributed by atoms with Crippen LogP contribution in [0.3, 0.4) is 0 Å². The van der Waals surface area contributed by atoms with E-state index >= 15 is 0 Å². The van der Waals surface area contributed by atoms with Crippen molar-refractivity contribution in [3.05, 3.63) is 52.0 Å². The smallest absolute Gasteiger partial charge is 0.372 e. The molecule has 0 saturated heterocycles. The highest BCUT2D eigenvalue weighted by molar-refractivity contribution is 9.10. The van der Waals surface area contributed by atoms with E-state index in [1.54, 1.807) is 6.07 Å². The molecule has 1 unspecified atom stereocenters. The monoisotopic (exact) mass is 320 g/mol. The highest BCUT2D eigenvalue weighted by Gasteiger charge is 2.33. The summed E-state index contributed by atoms with van der Waals surface area (Å²) in [7, 11) is 0. The molecule has 1 aromatic heterocycles. The molecule has 0 spiro atoms. The van der Waals surface area contributed by atoms with Crippen LogP contribution in [-0.2, 0) is 6.42 Å². The average Bonchev–Trinajstić information content (AvgIpc) is 2.94. The summed E-state index contributed by atoms with van der Waals surface area (Å²) in [6.07, 6.45) is 3.42. The Morgan fingerprint density at radius 2 is 2.26 bits per heavy atom. The first kappa shape index (κ1) is 12.1. The summed E-state index contributed by atoms with van der Waals surface area (Å²) < 4.78 is 2.34. The number of hydrogen-bond donors (Lipinski definition) is 1. The van der Waals surface area contributed by atoms with Crippen molar-refractivity contribution in [2.45, 2.75) is 12.5 Å². The molecular formula is C13H9BrN2O3. The molecule has 1 N–H and O–H groups in total. The van der Waals surface area contributed by atoms with Gasteiger partial charge in [0.1, 0.15) is 6.04 Å². The normalized spacial score (nSPS) is 17.5. The predicted octanol–water partition coefficient (Wildman–Crippen LogP) is 2.32. The van der Waals surface area contributed by atoms with Crippen LogP contribution >= 0.6 is 15.9 Å². The van der Waals surface area contributed by atoms with E-state index in [2.05, 4.69) is 20.9 Å². The number of carbonyl (C=O) groups excluding carboxylic acids is 1. The maximum atomic E-state index is 12.3. The molecule has 0 amide bonds. The number of ketones is 1. The van der Waals surface area contributed by atoms with Crippen molar-refractivity contribution >= 4 is 27.7 Å². The van der Waals surface area contributed by atoms with Crippen molar-refractivity contribution in [1.29, 1.82) is 0 Å². The van der Waals surface area contributed by atoms with Crippen LogP contribution in [0, 0.1) is 0 Å². The van der Waals surface area contributed by atoms with Gasteiger partial charge in [-0.3, -0.25) is 4.79 Å². The summed E-state index contributed by atoms with van der Waals surface area (Å²) in [6, 6.07) is 4.95. The van der Waals surface area contributed by atoms with Crippen LogP contribution in [0.5, 0.6) is 0 Å². The highest BCUT2D eigenvalue weighted by atomic mass is 79.9. The lowest BCUT2D eigenvalue weighted by Crippen LogP contribution is -2.19. The first-order valence-electron chi connectivity index (χ1n) is 5.66. The molecule has 2 aromatic rings. The minimum absolute atomic E-state index is 0.0667. The molecule has 3 rings (SSSR count). The van der Waals surface area contributed by atoms with Crippen molar-refractivity contribution in [1.82, 2.24) is 9.55 Å². The first-order valence-corrected chi connectivity index (χ1v) is 6.46. The predicted molar refractivity (Wildman–Crippen MR) is 70.4 cm³/mol. The first-order chi connectivity index (χ1) is 9.08. The van der Waals surface area contributed by atoms with Gasteiger partial charge in [0.05, 0.1) is 0 Å². The SMILES string of the molecule is O=C(O)c1nccn1C1Cc2cc(Br)ccc2C1=O. The molecule has 1 aliphatic carbocycles. The van der Waals surface area contributed by atoms with Crippen LogP contribution in [0.2, 0.25) is 0 Å². The number of aromatic carboxylic acids is 1. The minimum atomic E-state index is -1.13. The Balaban J connectivity index is 2.04. The molecule has 1 heterocycles. The lowest BCUT2D eigenvalue weighted by Gasteiger charge is -2.11. The second-order valence-corrected chi connectivity index (χ2v) is 5.26. The van der Waals surface area contributed by atoms with Crippen molar-refractivity contribution in [3.63, 3.8) is 0 Å². The van der Waals surface area contributed by atoms with Gasteiger partial charge in [0, 0.05) is 28.9 Å². The number of aromatic nitrogens is 2.